The lowest BCUT2D eigenvalue weighted by molar-refractivity contribution is -0.123. The number of nitriles is 1. The van der Waals surface area contributed by atoms with Gasteiger partial charge in [-0.3, -0.25) is 25.2 Å². The van der Waals surface area contributed by atoms with E-state index >= 15 is 0 Å². The molecule has 0 aliphatic carbocycles. The maximum atomic E-state index is 12.6. The lowest BCUT2D eigenvalue weighted by atomic mass is 10.2. The molecule has 3 N–H and O–H groups in total. The van der Waals surface area contributed by atoms with Crippen molar-refractivity contribution < 1.29 is 27.5 Å². The Kier molecular flexibility index (Phi) is 8.26. The van der Waals surface area contributed by atoms with Crippen LogP contribution in [-0.4, -0.2) is 33.4 Å². The SMILES string of the molecule is CCOc1ccc(S(=O)(=O)Nc2ccc(C(=O)NNC(=O)COc3ccc(C#N)cc3)cc2)cc1. The van der Waals surface area contributed by atoms with E-state index in [1.807, 2.05) is 13.0 Å². The minimum atomic E-state index is -3.83. The van der Waals surface area contributed by atoms with Gasteiger partial charge in [-0.25, -0.2) is 8.42 Å². The van der Waals surface area contributed by atoms with Crippen LogP contribution in [-0.2, 0) is 14.8 Å². The maximum Gasteiger partial charge on any atom is 0.276 e. The third-order valence-electron chi connectivity index (χ3n) is 4.51. The average Bonchev–Trinajstić information content (AvgIpc) is 2.87. The van der Waals surface area contributed by atoms with E-state index in [4.69, 9.17) is 14.7 Å². The topological polar surface area (TPSA) is 147 Å². The second-order valence-corrected chi connectivity index (χ2v) is 8.70. The first-order valence-corrected chi connectivity index (χ1v) is 11.9. The zero-order valence-corrected chi connectivity index (χ0v) is 19.5. The Labute approximate surface area is 202 Å². The molecule has 35 heavy (non-hydrogen) atoms. The third-order valence-corrected chi connectivity index (χ3v) is 5.91. The summed E-state index contributed by atoms with van der Waals surface area (Å²) in [4.78, 5) is 24.2. The number of hydrogen-bond donors (Lipinski definition) is 3. The minimum absolute atomic E-state index is 0.0636. The van der Waals surface area contributed by atoms with Crippen LogP contribution in [0, 0.1) is 11.3 Å². The maximum absolute atomic E-state index is 12.6. The highest BCUT2D eigenvalue weighted by Gasteiger charge is 2.15. The molecule has 0 bridgehead atoms. The zero-order valence-electron chi connectivity index (χ0n) is 18.6. The van der Waals surface area contributed by atoms with Crippen LogP contribution in [0.3, 0.4) is 0 Å². The molecule has 0 heterocycles. The summed E-state index contributed by atoms with van der Waals surface area (Å²) in [5.74, 6) is -0.233. The number of carbonyl (C=O) groups excluding carboxylic acids is 2. The normalized spacial score (nSPS) is 10.5. The molecule has 0 radical (unpaired) electrons. The van der Waals surface area contributed by atoms with Crippen LogP contribution in [0.15, 0.2) is 77.7 Å². The Morgan fingerprint density at radius 3 is 2.06 bits per heavy atom. The fraction of sp³-hybridized carbons (Fsp3) is 0.125. The van der Waals surface area contributed by atoms with Crippen LogP contribution in [0.5, 0.6) is 11.5 Å². The average molecular weight is 495 g/mol. The van der Waals surface area contributed by atoms with Gasteiger partial charge in [0, 0.05) is 11.3 Å². The number of nitrogens with zero attached hydrogens (tertiary/aromatic N) is 1. The van der Waals surface area contributed by atoms with E-state index < -0.39 is 21.8 Å². The van der Waals surface area contributed by atoms with Gasteiger partial charge < -0.3 is 9.47 Å². The molecule has 0 spiro atoms. The van der Waals surface area contributed by atoms with Crippen molar-refractivity contribution in [1.29, 1.82) is 5.26 Å². The van der Waals surface area contributed by atoms with Gasteiger partial charge in [-0.15, -0.1) is 0 Å². The number of rotatable bonds is 9. The summed E-state index contributed by atoms with van der Waals surface area (Å²) in [6.45, 7) is 1.95. The summed E-state index contributed by atoms with van der Waals surface area (Å²) in [5.41, 5.74) is 5.39. The molecule has 0 fully saturated rings. The number of hydrazine groups is 1. The van der Waals surface area contributed by atoms with Crippen LogP contribution in [0.25, 0.3) is 0 Å². The van der Waals surface area contributed by atoms with Crippen molar-refractivity contribution >= 4 is 27.5 Å². The van der Waals surface area contributed by atoms with E-state index in [9.17, 15) is 18.0 Å². The van der Waals surface area contributed by atoms with E-state index in [-0.39, 0.29) is 22.8 Å². The van der Waals surface area contributed by atoms with E-state index in [0.29, 0.717) is 23.7 Å². The monoisotopic (exact) mass is 494 g/mol. The van der Waals surface area contributed by atoms with Crippen molar-refractivity contribution in [1.82, 2.24) is 10.9 Å². The smallest absolute Gasteiger partial charge is 0.276 e. The first-order chi connectivity index (χ1) is 16.8. The number of carbonyl (C=O) groups is 2. The van der Waals surface area contributed by atoms with Gasteiger partial charge in [-0.2, -0.15) is 5.26 Å². The second kappa shape index (κ2) is 11.5. The fourth-order valence-electron chi connectivity index (χ4n) is 2.79. The number of ether oxygens (including phenoxy) is 2. The molecular weight excluding hydrogens is 472 g/mol. The van der Waals surface area contributed by atoms with Crippen molar-refractivity contribution in [2.24, 2.45) is 0 Å². The quantitative estimate of drug-likeness (QED) is 0.388. The summed E-state index contributed by atoms with van der Waals surface area (Å²) in [6.07, 6.45) is 0. The fourth-order valence-corrected chi connectivity index (χ4v) is 3.85. The van der Waals surface area contributed by atoms with E-state index in [0.717, 1.165) is 0 Å². The van der Waals surface area contributed by atoms with Crippen LogP contribution in [0.4, 0.5) is 5.69 Å². The highest BCUT2D eigenvalue weighted by Crippen LogP contribution is 2.20. The van der Waals surface area contributed by atoms with Gasteiger partial charge in [0.25, 0.3) is 21.8 Å². The van der Waals surface area contributed by atoms with Gasteiger partial charge in [-0.1, -0.05) is 0 Å². The highest BCUT2D eigenvalue weighted by atomic mass is 32.2. The second-order valence-electron chi connectivity index (χ2n) is 7.01. The molecule has 180 valence electrons. The molecule has 0 saturated carbocycles. The van der Waals surface area contributed by atoms with Gasteiger partial charge in [0.05, 0.1) is 23.1 Å². The van der Waals surface area contributed by atoms with Crippen LogP contribution in [0.1, 0.15) is 22.8 Å². The molecule has 0 saturated heterocycles. The van der Waals surface area contributed by atoms with Gasteiger partial charge in [0.15, 0.2) is 6.61 Å². The zero-order chi connectivity index (χ0) is 25.3. The third kappa shape index (κ3) is 7.21. The molecule has 2 amide bonds. The van der Waals surface area contributed by atoms with Crippen molar-refractivity contribution in [2.45, 2.75) is 11.8 Å². The van der Waals surface area contributed by atoms with Crippen molar-refractivity contribution in [3.8, 4) is 17.6 Å². The Hall–Kier alpha value is -4.56. The molecule has 3 aromatic rings. The molecule has 0 unspecified atom stereocenters. The number of anilines is 1. The lowest BCUT2D eigenvalue weighted by Gasteiger charge is -2.11. The van der Waals surface area contributed by atoms with Crippen molar-refractivity contribution in [3.63, 3.8) is 0 Å². The van der Waals surface area contributed by atoms with Crippen molar-refractivity contribution in [3.05, 3.63) is 83.9 Å². The van der Waals surface area contributed by atoms with E-state index in [2.05, 4.69) is 15.6 Å². The van der Waals surface area contributed by atoms with E-state index in [1.54, 1.807) is 36.4 Å². The predicted octanol–water partition coefficient (Wildman–Crippen LogP) is 2.60. The Bertz CT molecular complexity index is 1320. The van der Waals surface area contributed by atoms with Crippen LogP contribution in [0.2, 0.25) is 0 Å². The minimum Gasteiger partial charge on any atom is -0.494 e. The molecule has 10 nitrogen and oxygen atoms in total. The molecule has 11 heteroatoms. The first kappa shape index (κ1) is 25.1. The Balaban J connectivity index is 1.49. The summed E-state index contributed by atoms with van der Waals surface area (Å²) in [6, 6.07) is 19.8. The number of amides is 2. The molecule has 3 rings (SSSR count). The molecule has 0 atom stereocenters. The summed E-state index contributed by atoms with van der Waals surface area (Å²) < 4.78 is 38.1. The predicted molar refractivity (Wildman–Crippen MR) is 127 cm³/mol. The number of nitrogens with one attached hydrogen (secondary N) is 3. The van der Waals surface area contributed by atoms with E-state index in [1.165, 1.54) is 36.4 Å². The summed E-state index contributed by atoms with van der Waals surface area (Å²) in [7, 11) is -3.83. The number of sulfonamides is 1. The number of benzene rings is 3. The molecule has 0 aliphatic heterocycles. The number of hydrogen-bond acceptors (Lipinski definition) is 7. The van der Waals surface area contributed by atoms with Crippen LogP contribution >= 0.6 is 0 Å². The highest BCUT2D eigenvalue weighted by molar-refractivity contribution is 7.92. The summed E-state index contributed by atoms with van der Waals surface area (Å²) in [5, 5.41) is 8.77. The molecule has 0 aromatic heterocycles. The molecular formula is C24H22N4O6S. The van der Waals surface area contributed by atoms with Gasteiger partial charge in [0.2, 0.25) is 0 Å². The largest absolute Gasteiger partial charge is 0.494 e. The lowest BCUT2D eigenvalue weighted by Crippen LogP contribution is -2.43. The Morgan fingerprint density at radius 2 is 1.46 bits per heavy atom. The van der Waals surface area contributed by atoms with Gasteiger partial charge in [-0.05, 0) is 79.7 Å². The van der Waals surface area contributed by atoms with Crippen LogP contribution < -0.4 is 25.0 Å². The molecule has 0 aliphatic rings. The molecule has 3 aromatic carbocycles. The Morgan fingerprint density at radius 1 is 0.857 bits per heavy atom. The van der Waals surface area contributed by atoms with Gasteiger partial charge >= 0.3 is 0 Å². The van der Waals surface area contributed by atoms with Crippen molar-refractivity contribution in [2.75, 3.05) is 17.9 Å². The summed E-state index contributed by atoms with van der Waals surface area (Å²) >= 11 is 0. The first-order valence-electron chi connectivity index (χ1n) is 10.4. The van der Waals surface area contributed by atoms with Gasteiger partial charge in [0.1, 0.15) is 11.5 Å². The standard InChI is InChI=1S/C24H22N4O6S/c1-2-33-20-11-13-22(14-12-20)35(31,32)28-19-7-5-18(6-8-19)24(30)27-26-23(29)16-34-21-9-3-17(15-25)4-10-21/h3-14,28H,2,16H2,1H3,(H,26,29)(H,27,30).